The van der Waals surface area contributed by atoms with E-state index in [9.17, 15) is 19.3 Å². The molecule has 0 aliphatic carbocycles. The van der Waals surface area contributed by atoms with Crippen LogP contribution in [0.5, 0.6) is 0 Å². The molecular weight excluding hydrogens is 331 g/mol. The minimum absolute atomic E-state index is 0.236. The molecule has 0 saturated heterocycles. The van der Waals surface area contributed by atoms with Gasteiger partial charge in [0.1, 0.15) is 11.4 Å². The Morgan fingerprint density at radius 1 is 1.20 bits per heavy atom. The Kier molecular flexibility index (Phi) is 4.09. The van der Waals surface area contributed by atoms with E-state index in [1.165, 1.54) is 0 Å². The molecule has 2 aromatic carbocycles. The molecule has 0 spiro atoms. The Morgan fingerprint density at radius 2 is 1.85 bits per heavy atom. The van der Waals surface area contributed by atoms with Crippen LogP contribution in [0.1, 0.15) is 10.4 Å². The van der Waals surface area contributed by atoms with E-state index in [0.29, 0.717) is 5.69 Å². The molecule has 2 rings (SSSR count). The van der Waals surface area contributed by atoms with E-state index in [4.69, 9.17) is 0 Å². The van der Waals surface area contributed by atoms with Crippen molar-refractivity contribution >= 4 is 33.2 Å². The highest BCUT2D eigenvalue weighted by Gasteiger charge is 2.25. The number of para-hydroxylation sites is 1. The standard InChI is InChI=1S/C13H8BrFN2O3/c14-12-9(15)6-7-10(17(19)20)11(12)13(18)16-8-4-2-1-3-5-8/h1-7H,(H,16,18). The van der Waals surface area contributed by atoms with Crippen LogP contribution >= 0.6 is 15.9 Å². The quantitative estimate of drug-likeness (QED) is 0.684. The first-order valence-corrected chi connectivity index (χ1v) is 6.29. The zero-order valence-electron chi connectivity index (χ0n) is 9.97. The molecule has 0 fully saturated rings. The first kappa shape index (κ1) is 14.1. The highest BCUT2D eigenvalue weighted by Crippen LogP contribution is 2.30. The fourth-order valence-electron chi connectivity index (χ4n) is 1.62. The first-order chi connectivity index (χ1) is 9.50. The van der Waals surface area contributed by atoms with Crippen LogP contribution in [0.3, 0.4) is 0 Å². The highest BCUT2D eigenvalue weighted by atomic mass is 79.9. The fourth-order valence-corrected chi connectivity index (χ4v) is 2.14. The third-order valence-electron chi connectivity index (χ3n) is 2.53. The van der Waals surface area contributed by atoms with Gasteiger partial charge in [-0.3, -0.25) is 14.9 Å². The van der Waals surface area contributed by atoms with Crippen LogP contribution in [-0.4, -0.2) is 10.8 Å². The first-order valence-electron chi connectivity index (χ1n) is 5.49. The number of nitro benzene ring substituents is 1. The number of benzene rings is 2. The lowest BCUT2D eigenvalue weighted by Gasteiger charge is -2.08. The van der Waals surface area contributed by atoms with Crippen LogP contribution in [-0.2, 0) is 0 Å². The van der Waals surface area contributed by atoms with Crippen molar-refractivity contribution in [2.75, 3.05) is 5.32 Å². The van der Waals surface area contributed by atoms with Gasteiger partial charge >= 0.3 is 0 Å². The largest absolute Gasteiger partial charge is 0.322 e. The second-order valence-corrected chi connectivity index (χ2v) is 4.63. The summed E-state index contributed by atoms with van der Waals surface area (Å²) < 4.78 is 13.2. The zero-order valence-corrected chi connectivity index (χ0v) is 11.6. The number of anilines is 1. The number of carbonyl (C=O) groups is 1. The van der Waals surface area contributed by atoms with E-state index in [1.54, 1.807) is 30.3 Å². The van der Waals surface area contributed by atoms with Crippen LogP contribution in [0.2, 0.25) is 0 Å². The van der Waals surface area contributed by atoms with E-state index in [2.05, 4.69) is 21.2 Å². The lowest BCUT2D eigenvalue weighted by molar-refractivity contribution is -0.385. The van der Waals surface area contributed by atoms with Crippen molar-refractivity contribution < 1.29 is 14.1 Å². The van der Waals surface area contributed by atoms with E-state index < -0.39 is 22.3 Å². The van der Waals surface area contributed by atoms with Gasteiger partial charge in [-0.05, 0) is 34.1 Å². The number of hydrogen-bond acceptors (Lipinski definition) is 3. The maximum atomic E-state index is 13.5. The molecule has 1 N–H and O–H groups in total. The van der Waals surface area contributed by atoms with Crippen LogP contribution in [0.4, 0.5) is 15.8 Å². The molecule has 0 bridgehead atoms. The van der Waals surface area contributed by atoms with Crippen LogP contribution < -0.4 is 5.32 Å². The third kappa shape index (κ3) is 2.83. The van der Waals surface area contributed by atoms with Gasteiger partial charge in [-0.1, -0.05) is 18.2 Å². The van der Waals surface area contributed by atoms with Gasteiger partial charge in [0.15, 0.2) is 0 Å². The van der Waals surface area contributed by atoms with Crippen molar-refractivity contribution in [1.82, 2.24) is 0 Å². The Morgan fingerprint density at radius 3 is 2.45 bits per heavy atom. The average Bonchev–Trinajstić information content (AvgIpc) is 2.42. The van der Waals surface area contributed by atoms with Gasteiger partial charge in [-0.15, -0.1) is 0 Å². The summed E-state index contributed by atoms with van der Waals surface area (Å²) in [5.74, 6) is -1.50. The normalized spacial score (nSPS) is 10.1. The van der Waals surface area contributed by atoms with Gasteiger partial charge in [-0.2, -0.15) is 0 Å². The van der Waals surface area contributed by atoms with E-state index in [1.807, 2.05) is 0 Å². The molecule has 20 heavy (non-hydrogen) atoms. The topological polar surface area (TPSA) is 72.2 Å². The molecule has 0 aliphatic rings. The summed E-state index contributed by atoms with van der Waals surface area (Å²) >= 11 is 2.87. The molecule has 0 aromatic heterocycles. The maximum Gasteiger partial charge on any atom is 0.283 e. The molecule has 0 saturated carbocycles. The summed E-state index contributed by atoms with van der Waals surface area (Å²) in [6.45, 7) is 0. The van der Waals surface area contributed by atoms with Gasteiger partial charge in [0.25, 0.3) is 11.6 Å². The smallest absolute Gasteiger partial charge is 0.283 e. The van der Waals surface area contributed by atoms with Crippen molar-refractivity contribution in [2.24, 2.45) is 0 Å². The SMILES string of the molecule is O=C(Nc1ccccc1)c1c([N+](=O)[O-])ccc(F)c1Br. The van der Waals surface area contributed by atoms with Gasteiger partial charge < -0.3 is 5.32 Å². The molecule has 102 valence electrons. The summed E-state index contributed by atoms with van der Waals surface area (Å²) in [6.07, 6.45) is 0. The van der Waals surface area contributed by atoms with Gasteiger partial charge in [0.05, 0.1) is 9.40 Å². The van der Waals surface area contributed by atoms with Crippen molar-refractivity contribution in [1.29, 1.82) is 0 Å². The van der Waals surface area contributed by atoms with Crippen LogP contribution in [0.15, 0.2) is 46.9 Å². The van der Waals surface area contributed by atoms with Crippen molar-refractivity contribution in [3.05, 3.63) is 68.4 Å². The Bertz CT molecular complexity index is 677. The zero-order chi connectivity index (χ0) is 14.7. The van der Waals surface area contributed by atoms with Gasteiger partial charge in [-0.25, -0.2) is 4.39 Å². The van der Waals surface area contributed by atoms with E-state index >= 15 is 0 Å². The maximum absolute atomic E-state index is 13.5. The van der Waals surface area contributed by atoms with Crippen LogP contribution in [0, 0.1) is 15.9 Å². The number of nitrogens with zero attached hydrogens (tertiary/aromatic N) is 1. The van der Waals surface area contributed by atoms with Crippen molar-refractivity contribution in [3.8, 4) is 0 Å². The molecule has 7 heteroatoms. The number of nitro groups is 1. The van der Waals surface area contributed by atoms with Gasteiger partial charge in [0, 0.05) is 11.8 Å². The van der Waals surface area contributed by atoms with Crippen molar-refractivity contribution in [3.63, 3.8) is 0 Å². The number of hydrogen-bond donors (Lipinski definition) is 1. The average molecular weight is 339 g/mol. The fraction of sp³-hybridized carbons (Fsp3) is 0. The van der Waals surface area contributed by atoms with E-state index in [-0.39, 0.29) is 10.0 Å². The Balaban J connectivity index is 2.43. The predicted molar refractivity (Wildman–Crippen MR) is 75.1 cm³/mol. The molecule has 0 aliphatic heterocycles. The molecule has 0 atom stereocenters. The van der Waals surface area contributed by atoms with Crippen LogP contribution in [0.25, 0.3) is 0 Å². The van der Waals surface area contributed by atoms with Gasteiger partial charge in [0.2, 0.25) is 0 Å². The lowest BCUT2D eigenvalue weighted by Crippen LogP contribution is -2.15. The molecule has 2 aromatic rings. The highest BCUT2D eigenvalue weighted by molar-refractivity contribution is 9.10. The minimum atomic E-state index is -0.755. The monoisotopic (exact) mass is 338 g/mol. The summed E-state index contributed by atoms with van der Waals surface area (Å²) in [5, 5.41) is 13.4. The number of halogens is 2. The summed E-state index contributed by atoms with van der Waals surface area (Å²) in [6, 6.07) is 10.3. The molecule has 1 amide bonds. The molecular formula is C13H8BrFN2O3. The van der Waals surface area contributed by atoms with E-state index in [0.717, 1.165) is 12.1 Å². The number of amides is 1. The third-order valence-corrected chi connectivity index (χ3v) is 3.30. The minimum Gasteiger partial charge on any atom is -0.322 e. The molecule has 0 heterocycles. The number of rotatable bonds is 3. The lowest BCUT2D eigenvalue weighted by atomic mass is 10.1. The molecule has 5 nitrogen and oxygen atoms in total. The second kappa shape index (κ2) is 5.79. The summed E-state index contributed by atoms with van der Waals surface area (Å²) in [7, 11) is 0. The van der Waals surface area contributed by atoms with Crippen molar-refractivity contribution in [2.45, 2.75) is 0 Å². The number of carbonyl (C=O) groups excluding carboxylic acids is 1. The summed E-state index contributed by atoms with van der Waals surface area (Å²) in [5.41, 5.74) is -0.353. The Hall–Kier alpha value is -2.28. The number of nitrogens with one attached hydrogen (secondary N) is 1. The summed E-state index contributed by atoms with van der Waals surface area (Å²) in [4.78, 5) is 22.3. The molecule has 0 radical (unpaired) electrons. The molecule has 0 unspecified atom stereocenters. The Labute approximate surface area is 121 Å². The predicted octanol–water partition coefficient (Wildman–Crippen LogP) is 3.75. The second-order valence-electron chi connectivity index (χ2n) is 3.83.